The van der Waals surface area contributed by atoms with Crippen LogP contribution in [0, 0.1) is 11.8 Å². The third-order valence-electron chi connectivity index (χ3n) is 3.86. The van der Waals surface area contributed by atoms with Gasteiger partial charge in [0.15, 0.2) is 5.78 Å². The highest BCUT2D eigenvalue weighted by molar-refractivity contribution is 6.02. The maximum atomic E-state index is 11.9. The van der Waals surface area contributed by atoms with E-state index in [9.17, 15) is 9.59 Å². The van der Waals surface area contributed by atoms with Crippen molar-refractivity contribution < 1.29 is 19.1 Å². The van der Waals surface area contributed by atoms with Gasteiger partial charge < -0.3 is 9.47 Å². The molecule has 2 fully saturated rings. The summed E-state index contributed by atoms with van der Waals surface area (Å²) in [5, 5.41) is 0. The molecule has 0 bridgehead atoms. The van der Waals surface area contributed by atoms with Crippen LogP contribution in [-0.2, 0) is 19.1 Å². The summed E-state index contributed by atoms with van der Waals surface area (Å²) in [7, 11) is 0. The van der Waals surface area contributed by atoms with Gasteiger partial charge in [-0.3, -0.25) is 9.59 Å². The van der Waals surface area contributed by atoms with E-state index < -0.39 is 17.5 Å². The van der Waals surface area contributed by atoms with Gasteiger partial charge in [0.1, 0.15) is 12.5 Å². The minimum absolute atomic E-state index is 0.0657. The summed E-state index contributed by atoms with van der Waals surface area (Å²) in [6.45, 7) is 4.29. The maximum Gasteiger partial charge on any atom is 0.319 e. The van der Waals surface area contributed by atoms with Crippen molar-refractivity contribution in [2.45, 2.75) is 45.1 Å². The van der Waals surface area contributed by atoms with Gasteiger partial charge in [0.2, 0.25) is 0 Å². The number of hydrogen-bond acceptors (Lipinski definition) is 4. The summed E-state index contributed by atoms with van der Waals surface area (Å²) in [6.07, 6.45) is 3.76. The van der Waals surface area contributed by atoms with E-state index in [1.165, 1.54) is 0 Å². The minimum Gasteiger partial charge on any atom is -0.465 e. The van der Waals surface area contributed by atoms with Gasteiger partial charge in [-0.2, -0.15) is 0 Å². The predicted molar refractivity (Wildman–Crippen MR) is 61.4 cm³/mol. The number of carbonyl (C=O) groups is 2. The Morgan fingerprint density at radius 3 is 3.00 bits per heavy atom. The van der Waals surface area contributed by atoms with Gasteiger partial charge in [-0.15, -0.1) is 0 Å². The van der Waals surface area contributed by atoms with E-state index in [2.05, 4.69) is 6.92 Å². The highest BCUT2D eigenvalue weighted by Gasteiger charge is 2.55. The molecule has 1 saturated carbocycles. The Morgan fingerprint density at radius 1 is 1.59 bits per heavy atom. The molecule has 1 spiro atoms. The predicted octanol–water partition coefficient (Wildman–Crippen LogP) is 1.71. The summed E-state index contributed by atoms with van der Waals surface area (Å²) in [6, 6.07) is 0. The molecule has 3 atom stereocenters. The molecular weight excluding hydrogens is 220 g/mol. The first kappa shape index (κ1) is 12.6. The molecule has 4 nitrogen and oxygen atoms in total. The molecule has 1 aliphatic heterocycles. The molecule has 0 radical (unpaired) electrons. The monoisotopic (exact) mass is 240 g/mol. The van der Waals surface area contributed by atoms with Crippen molar-refractivity contribution in [1.29, 1.82) is 0 Å². The molecular formula is C13H20O4. The third kappa shape index (κ3) is 2.23. The zero-order chi connectivity index (χ0) is 12.5. The molecule has 2 aliphatic rings. The first-order valence-electron chi connectivity index (χ1n) is 6.42. The Balaban J connectivity index is 2.20. The Hall–Kier alpha value is -0.900. The fourth-order valence-electron chi connectivity index (χ4n) is 3.18. The van der Waals surface area contributed by atoms with Crippen LogP contribution in [0.5, 0.6) is 0 Å². The van der Waals surface area contributed by atoms with E-state index in [4.69, 9.17) is 9.47 Å². The second-order valence-electron chi connectivity index (χ2n) is 5.21. The topological polar surface area (TPSA) is 52.6 Å². The molecule has 1 saturated heterocycles. The van der Waals surface area contributed by atoms with E-state index in [0.717, 1.165) is 25.7 Å². The number of hydrogen-bond donors (Lipinski definition) is 0. The first-order chi connectivity index (χ1) is 8.09. The summed E-state index contributed by atoms with van der Waals surface area (Å²) < 4.78 is 10.7. The maximum absolute atomic E-state index is 11.9. The SMILES string of the molecule is CCOC(=O)C1C(=O)COC12CCCC(C)C2. The third-order valence-corrected chi connectivity index (χ3v) is 3.86. The molecule has 0 N–H and O–H groups in total. The summed E-state index contributed by atoms with van der Waals surface area (Å²) >= 11 is 0. The van der Waals surface area contributed by atoms with Gasteiger partial charge >= 0.3 is 5.97 Å². The summed E-state index contributed by atoms with van der Waals surface area (Å²) in [5.74, 6) is -0.696. The average molecular weight is 240 g/mol. The van der Waals surface area contributed by atoms with Crippen LogP contribution in [0.15, 0.2) is 0 Å². The minimum atomic E-state index is -0.690. The number of carbonyl (C=O) groups excluding carboxylic acids is 2. The number of Topliss-reactive ketones (excluding diaryl/α,β-unsaturated/α-hetero) is 1. The van der Waals surface area contributed by atoms with E-state index in [-0.39, 0.29) is 12.4 Å². The van der Waals surface area contributed by atoms with Crippen molar-refractivity contribution in [2.75, 3.05) is 13.2 Å². The normalized spacial score (nSPS) is 37.4. The van der Waals surface area contributed by atoms with Gasteiger partial charge in [0.05, 0.1) is 12.2 Å². The molecule has 2 rings (SSSR count). The molecule has 0 aromatic carbocycles. The van der Waals surface area contributed by atoms with Crippen LogP contribution < -0.4 is 0 Å². The lowest BCUT2D eigenvalue weighted by Gasteiger charge is -2.38. The highest BCUT2D eigenvalue weighted by Crippen LogP contribution is 2.44. The Morgan fingerprint density at radius 2 is 2.35 bits per heavy atom. The molecule has 0 aromatic heterocycles. The van der Waals surface area contributed by atoms with Gasteiger partial charge in [0, 0.05) is 0 Å². The lowest BCUT2D eigenvalue weighted by atomic mass is 9.72. The molecule has 4 heteroatoms. The number of rotatable bonds is 2. The van der Waals surface area contributed by atoms with Crippen molar-refractivity contribution in [3.8, 4) is 0 Å². The van der Waals surface area contributed by atoms with Crippen LogP contribution in [0.1, 0.15) is 39.5 Å². The zero-order valence-electron chi connectivity index (χ0n) is 10.5. The molecule has 0 aromatic rings. The Labute approximate surface area is 102 Å². The second kappa shape index (κ2) is 4.77. The molecule has 1 heterocycles. The van der Waals surface area contributed by atoms with Crippen LogP contribution in [0.4, 0.5) is 0 Å². The number of ether oxygens (including phenoxy) is 2. The van der Waals surface area contributed by atoms with Gasteiger partial charge in [0.25, 0.3) is 0 Å². The Kier molecular flexibility index (Phi) is 3.52. The largest absolute Gasteiger partial charge is 0.465 e. The van der Waals surface area contributed by atoms with Crippen LogP contribution in [0.25, 0.3) is 0 Å². The van der Waals surface area contributed by atoms with Crippen molar-refractivity contribution in [3.05, 3.63) is 0 Å². The smallest absolute Gasteiger partial charge is 0.319 e. The van der Waals surface area contributed by atoms with E-state index >= 15 is 0 Å². The molecule has 96 valence electrons. The molecule has 1 aliphatic carbocycles. The van der Waals surface area contributed by atoms with Crippen molar-refractivity contribution in [1.82, 2.24) is 0 Å². The van der Waals surface area contributed by atoms with Gasteiger partial charge in [-0.25, -0.2) is 0 Å². The quantitative estimate of drug-likeness (QED) is 0.544. The fourth-order valence-corrected chi connectivity index (χ4v) is 3.18. The van der Waals surface area contributed by atoms with Crippen molar-refractivity contribution >= 4 is 11.8 Å². The number of ketones is 1. The fraction of sp³-hybridized carbons (Fsp3) is 0.846. The lowest BCUT2D eigenvalue weighted by Crippen LogP contribution is -2.45. The van der Waals surface area contributed by atoms with Crippen molar-refractivity contribution in [2.24, 2.45) is 11.8 Å². The van der Waals surface area contributed by atoms with Crippen molar-refractivity contribution in [3.63, 3.8) is 0 Å². The number of esters is 1. The van der Waals surface area contributed by atoms with E-state index in [1.54, 1.807) is 6.92 Å². The van der Waals surface area contributed by atoms with Gasteiger partial charge in [-0.1, -0.05) is 19.8 Å². The Bertz CT molecular complexity index is 325. The second-order valence-corrected chi connectivity index (χ2v) is 5.21. The standard InChI is InChI=1S/C13H20O4/c1-3-16-12(15)11-10(14)8-17-13(11)6-4-5-9(2)7-13/h9,11H,3-8H2,1-2H3. The molecule has 0 amide bonds. The molecule has 17 heavy (non-hydrogen) atoms. The highest BCUT2D eigenvalue weighted by atomic mass is 16.5. The average Bonchev–Trinajstić information content (AvgIpc) is 2.56. The van der Waals surface area contributed by atoms with Crippen LogP contribution in [-0.4, -0.2) is 30.6 Å². The van der Waals surface area contributed by atoms with Crippen LogP contribution in [0.3, 0.4) is 0 Å². The lowest BCUT2D eigenvalue weighted by molar-refractivity contribution is -0.158. The van der Waals surface area contributed by atoms with Gasteiger partial charge in [-0.05, 0) is 25.7 Å². The van der Waals surface area contributed by atoms with E-state index in [0.29, 0.717) is 12.5 Å². The summed E-state index contributed by atoms with van der Waals surface area (Å²) in [4.78, 5) is 23.8. The zero-order valence-corrected chi connectivity index (χ0v) is 10.5. The van der Waals surface area contributed by atoms with Crippen LogP contribution >= 0.6 is 0 Å². The summed E-state index contributed by atoms with van der Waals surface area (Å²) in [5.41, 5.74) is -0.568. The van der Waals surface area contributed by atoms with E-state index in [1.807, 2.05) is 0 Å². The molecule has 3 unspecified atom stereocenters. The van der Waals surface area contributed by atoms with Crippen LogP contribution in [0.2, 0.25) is 0 Å². The first-order valence-corrected chi connectivity index (χ1v) is 6.42.